The molecule has 0 fully saturated rings. The number of nitrogens with zero attached hydrogens (tertiary/aromatic N) is 1. The van der Waals surface area contributed by atoms with Crippen molar-refractivity contribution in [2.24, 2.45) is 0 Å². The highest BCUT2D eigenvalue weighted by Crippen LogP contribution is 2.16. The molecule has 0 aliphatic heterocycles. The Hall–Kier alpha value is -2.45. The summed E-state index contributed by atoms with van der Waals surface area (Å²) in [5, 5.41) is 11.8. The molecule has 7 nitrogen and oxygen atoms in total. The van der Waals surface area contributed by atoms with Crippen LogP contribution in [-0.2, 0) is 10.0 Å². The van der Waals surface area contributed by atoms with Gasteiger partial charge in [-0.1, -0.05) is 6.07 Å². The van der Waals surface area contributed by atoms with Crippen molar-refractivity contribution in [3.05, 3.63) is 48.3 Å². The van der Waals surface area contributed by atoms with Crippen molar-refractivity contribution in [1.29, 1.82) is 0 Å². The molecule has 2 rings (SSSR count). The second-order valence-corrected chi connectivity index (χ2v) is 6.01. The number of hydrogen-bond donors (Lipinski definition) is 3. The lowest BCUT2D eigenvalue weighted by atomic mass is 10.2. The first-order valence-corrected chi connectivity index (χ1v) is 7.39. The number of sulfonamides is 1. The van der Waals surface area contributed by atoms with Crippen molar-refractivity contribution in [2.45, 2.75) is 4.90 Å². The number of anilines is 1. The number of rotatable bonds is 4. The second kappa shape index (κ2) is 5.90. The van der Waals surface area contributed by atoms with Crippen molar-refractivity contribution in [2.75, 3.05) is 12.4 Å². The van der Waals surface area contributed by atoms with E-state index in [-0.39, 0.29) is 16.2 Å². The van der Waals surface area contributed by atoms with Crippen LogP contribution in [0.25, 0.3) is 0 Å². The first-order chi connectivity index (χ1) is 9.92. The lowest BCUT2D eigenvalue weighted by Gasteiger charge is -2.07. The first-order valence-electron chi connectivity index (χ1n) is 5.91. The monoisotopic (exact) mass is 307 g/mol. The lowest BCUT2D eigenvalue weighted by molar-refractivity contribution is 0.102. The zero-order valence-corrected chi connectivity index (χ0v) is 11.9. The molecule has 3 N–H and O–H groups in total. The molecule has 1 aromatic carbocycles. The summed E-state index contributed by atoms with van der Waals surface area (Å²) in [6.45, 7) is 0. The van der Waals surface area contributed by atoms with Crippen LogP contribution in [0.5, 0.6) is 5.75 Å². The standard InChI is InChI=1S/C13H13N3O4S/c1-14-21(19,20)12-4-2-3-10(6-12)16-13(18)9-5-11(17)8-15-7-9/h2-8,14,17H,1H3,(H,16,18). The van der Waals surface area contributed by atoms with Gasteiger partial charge in [0.2, 0.25) is 10.0 Å². The minimum atomic E-state index is -3.58. The summed E-state index contributed by atoms with van der Waals surface area (Å²) in [6.07, 6.45) is 2.50. The van der Waals surface area contributed by atoms with Crippen LogP contribution >= 0.6 is 0 Å². The molecule has 1 amide bonds. The van der Waals surface area contributed by atoms with Crippen molar-refractivity contribution in [1.82, 2.24) is 9.71 Å². The van der Waals surface area contributed by atoms with Crippen LogP contribution in [0.2, 0.25) is 0 Å². The number of carbonyl (C=O) groups excluding carboxylic acids is 1. The fourth-order valence-corrected chi connectivity index (χ4v) is 2.39. The van der Waals surface area contributed by atoms with Crippen LogP contribution in [0.3, 0.4) is 0 Å². The van der Waals surface area contributed by atoms with Crippen molar-refractivity contribution in [3.63, 3.8) is 0 Å². The van der Waals surface area contributed by atoms with Gasteiger partial charge in [-0.25, -0.2) is 13.1 Å². The predicted molar refractivity (Wildman–Crippen MR) is 76.5 cm³/mol. The first kappa shape index (κ1) is 14.9. The Morgan fingerprint density at radius 3 is 2.67 bits per heavy atom. The molecule has 21 heavy (non-hydrogen) atoms. The van der Waals surface area contributed by atoms with Gasteiger partial charge >= 0.3 is 0 Å². The summed E-state index contributed by atoms with van der Waals surface area (Å²) in [7, 11) is -2.28. The topological polar surface area (TPSA) is 108 Å². The highest BCUT2D eigenvalue weighted by atomic mass is 32.2. The van der Waals surface area contributed by atoms with Gasteiger partial charge in [0.05, 0.1) is 16.7 Å². The van der Waals surface area contributed by atoms with Crippen molar-refractivity contribution < 1.29 is 18.3 Å². The maximum atomic E-state index is 12.0. The van der Waals surface area contributed by atoms with E-state index in [1.165, 1.54) is 43.7 Å². The van der Waals surface area contributed by atoms with Gasteiger partial charge in [-0.05, 0) is 31.3 Å². The summed E-state index contributed by atoms with van der Waals surface area (Å²) in [4.78, 5) is 15.7. The van der Waals surface area contributed by atoms with E-state index < -0.39 is 15.9 Å². The molecule has 0 spiro atoms. The molecule has 0 aliphatic rings. The van der Waals surface area contributed by atoms with Gasteiger partial charge in [0.1, 0.15) is 5.75 Å². The molecule has 0 saturated carbocycles. The highest BCUT2D eigenvalue weighted by molar-refractivity contribution is 7.89. The number of amides is 1. The molecule has 0 bridgehead atoms. The fourth-order valence-electron chi connectivity index (χ4n) is 1.61. The average molecular weight is 307 g/mol. The maximum absolute atomic E-state index is 12.0. The Balaban J connectivity index is 2.24. The van der Waals surface area contributed by atoms with Crippen LogP contribution in [0.1, 0.15) is 10.4 Å². The number of pyridine rings is 1. The third-order valence-electron chi connectivity index (χ3n) is 2.66. The number of aromatic nitrogens is 1. The second-order valence-electron chi connectivity index (χ2n) is 4.12. The molecule has 1 heterocycles. The van der Waals surface area contributed by atoms with Crippen molar-refractivity contribution in [3.8, 4) is 5.75 Å². The SMILES string of the molecule is CNS(=O)(=O)c1cccc(NC(=O)c2cncc(O)c2)c1. The maximum Gasteiger partial charge on any atom is 0.257 e. The van der Waals surface area contributed by atoms with Gasteiger partial charge in [-0.3, -0.25) is 9.78 Å². The van der Waals surface area contributed by atoms with E-state index in [1.54, 1.807) is 6.07 Å². The van der Waals surface area contributed by atoms with Crippen LogP contribution in [-0.4, -0.2) is 31.5 Å². The molecule has 8 heteroatoms. The largest absolute Gasteiger partial charge is 0.506 e. The zero-order valence-electron chi connectivity index (χ0n) is 11.1. The Kier molecular flexibility index (Phi) is 4.20. The number of nitrogens with one attached hydrogen (secondary N) is 2. The molecular weight excluding hydrogens is 294 g/mol. The van der Waals surface area contributed by atoms with Gasteiger partial charge in [0, 0.05) is 11.9 Å². The van der Waals surface area contributed by atoms with E-state index >= 15 is 0 Å². The summed E-state index contributed by atoms with van der Waals surface area (Å²) < 4.78 is 25.6. The molecule has 1 aromatic heterocycles. The van der Waals surface area contributed by atoms with Crippen LogP contribution in [0, 0.1) is 0 Å². The van der Waals surface area contributed by atoms with E-state index in [0.29, 0.717) is 5.69 Å². The van der Waals surface area contributed by atoms with Gasteiger partial charge in [0.25, 0.3) is 5.91 Å². The third-order valence-corrected chi connectivity index (χ3v) is 4.07. The smallest absolute Gasteiger partial charge is 0.257 e. The predicted octanol–water partition coefficient (Wildman–Crippen LogP) is 0.948. The van der Waals surface area contributed by atoms with E-state index in [2.05, 4.69) is 15.0 Å². The minimum Gasteiger partial charge on any atom is -0.506 e. The zero-order chi connectivity index (χ0) is 15.5. The quantitative estimate of drug-likeness (QED) is 0.779. The number of aromatic hydroxyl groups is 1. The van der Waals surface area contributed by atoms with E-state index in [9.17, 15) is 18.3 Å². The van der Waals surface area contributed by atoms with Crippen LogP contribution in [0.15, 0.2) is 47.6 Å². The fraction of sp³-hybridized carbons (Fsp3) is 0.0769. The van der Waals surface area contributed by atoms with Gasteiger partial charge in [-0.15, -0.1) is 0 Å². The minimum absolute atomic E-state index is 0.0387. The molecule has 0 aliphatic carbocycles. The molecule has 0 saturated heterocycles. The summed E-state index contributed by atoms with van der Waals surface area (Å²) >= 11 is 0. The summed E-state index contributed by atoms with van der Waals surface area (Å²) in [6, 6.07) is 7.08. The molecule has 2 aromatic rings. The van der Waals surface area contributed by atoms with Gasteiger partial charge in [-0.2, -0.15) is 0 Å². The van der Waals surface area contributed by atoms with E-state index in [1.807, 2.05) is 0 Å². The summed E-state index contributed by atoms with van der Waals surface area (Å²) in [5.41, 5.74) is 0.483. The Labute approximate surface area is 121 Å². The average Bonchev–Trinajstić information content (AvgIpc) is 2.47. The van der Waals surface area contributed by atoms with Gasteiger partial charge in [0.15, 0.2) is 0 Å². The van der Waals surface area contributed by atoms with E-state index in [0.717, 1.165) is 0 Å². The molecule has 110 valence electrons. The Morgan fingerprint density at radius 1 is 1.24 bits per heavy atom. The normalized spacial score (nSPS) is 11.1. The number of benzene rings is 1. The number of carbonyl (C=O) groups is 1. The summed E-state index contributed by atoms with van der Waals surface area (Å²) in [5.74, 6) is -0.633. The van der Waals surface area contributed by atoms with Crippen LogP contribution in [0.4, 0.5) is 5.69 Å². The molecular formula is C13H13N3O4S. The molecule has 0 unspecified atom stereocenters. The van der Waals surface area contributed by atoms with Crippen molar-refractivity contribution >= 4 is 21.6 Å². The Morgan fingerprint density at radius 2 is 2.00 bits per heavy atom. The van der Waals surface area contributed by atoms with E-state index in [4.69, 9.17) is 0 Å². The Bertz CT molecular complexity index is 774. The van der Waals surface area contributed by atoms with Crippen LogP contribution < -0.4 is 10.0 Å². The third kappa shape index (κ3) is 3.56. The highest BCUT2D eigenvalue weighted by Gasteiger charge is 2.13. The molecule has 0 radical (unpaired) electrons. The lowest BCUT2D eigenvalue weighted by Crippen LogP contribution is -2.19. The molecule has 0 atom stereocenters. The van der Waals surface area contributed by atoms with Gasteiger partial charge < -0.3 is 10.4 Å². The number of hydrogen-bond acceptors (Lipinski definition) is 5.